The van der Waals surface area contributed by atoms with E-state index in [0.29, 0.717) is 26.4 Å². The molecule has 3 aliphatic heterocycles. The third kappa shape index (κ3) is 3.52. The zero-order valence-corrected chi connectivity index (χ0v) is 13.5. The average molecular weight is 326 g/mol. The first-order valence-corrected chi connectivity index (χ1v) is 8.44. The highest BCUT2D eigenvalue weighted by Gasteiger charge is 2.47. The molecule has 3 aliphatic rings. The number of hydrogen-bond acceptors (Lipinski definition) is 4. The van der Waals surface area contributed by atoms with Gasteiger partial charge in [0.15, 0.2) is 0 Å². The summed E-state index contributed by atoms with van der Waals surface area (Å²) in [6.45, 7) is 2.28. The lowest BCUT2D eigenvalue weighted by Crippen LogP contribution is -2.62. The van der Waals surface area contributed by atoms with Crippen molar-refractivity contribution in [3.8, 4) is 0 Å². The highest BCUT2D eigenvalue weighted by atomic mass is 16.6. The average Bonchev–Trinajstić information content (AvgIpc) is 2.67. The molecule has 3 saturated heterocycles. The van der Waals surface area contributed by atoms with Crippen molar-refractivity contribution in [1.82, 2.24) is 0 Å². The van der Waals surface area contributed by atoms with E-state index in [0.717, 1.165) is 11.1 Å². The molecule has 2 aromatic carbocycles. The summed E-state index contributed by atoms with van der Waals surface area (Å²) in [5, 5.41) is 0. The van der Waals surface area contributed by atoms with E-state index in [9.17, 15) is 0 Å². The molecule has 4 atom stereocenters. The summed E-state index contributed by atoms with van der Waals surface area (Å²) in [4.78, 5) is 0. The second-order valence-electron chi connectivity index (χ2n) is 6.27. The lowest BCUT2D eigenvalue weighted by molar-refractivity contribution is -0.289. The van der Waals surface area contributed by atoms with Crippen LogP contribution < -0.4 is 0 Å². The van der Waals surface area contributed by atoms with E-state index in [-0.39, 0.29) is 24.4 Å². The van der Waals surface area contributed by atoms with Gasteiger partial charge in [-0.1, -0.05) is 60.7 Å². The predicted molar refractivity (Wildman–Crippen MR) is 89.5 cm³/mol. The van der Waals surface area contributed by atoms with E-state index in [1.807, 2.05) is 36.4 Å². The van der Waals surface area contributed by atoms with Crippen molar-refractivity contribution in [2.75, 3.05) is 13.2 Å². The van der Waals surface area contributed by atoms with Crippen LogP contribution in [-0.2, 0) is 32.2 Å². The summed E-state index contributed by atoms with van der Waals surface area (Å²) in [7, 11) is 0. The van der Waals surface area contributed by atoms with Crippen molar-refractivity contribution in [2.45, 2.75) is 37.6 Å². The van der Waals surface area contributed by atoms with Crippen LogP contribution in [-0.4, -0.2) is 37.6 Å². The summed E-state index contributed by atoms with van der Waals surface area (Å²) in [6.07, 6.45) is -0.304. The molecule has 0 spiro atoms. The van der Waals surface area contributed by atoms with E-state index >= 15 is 0 Å². The molecule has 0 saturated carbocycles. The summed E-state index contributed by atoms with van der Waals surface area (Å²) < 4.78 is 24.0. The van der Waals surface area contributed by atoms with Gasteiger partial charge in [0.1, 0.15) is 24.4 Å². The lowest BCUT2D eigenvalue weighted by Gasteiger charge is -2.47. The van der Waals surface area contributed by atoms with Crippen LogP contribution >= 0.6 is 0 Å². The smallest absolute Gasteiger partial charge is 0.115 e. The molecule has 4 nitrogen and oxygen atoms in total. The van der Waals surface area contributed by atoms with Gasteiger partial charge >= 0.3 is 0 Å². The third-order valence-electron chi connectivity index (χ3n) is 4.58. The van der Waals surface area contributed by atoms with Crippen LogP contribution in [0.5, 0.6) is 0 Å². The maximum absolute atomic E-state index is 6.17. The fourth-order valence-corrected chi connectivity index (χ4v) is 3.27. The standard InChI is InChI=1S/C20H22O4/c1-3-7-15(8-4-1)11-23-19-17-13-22-18(14-21-17)20(19)24-12-16-9-5-2-6-10-16/h1-10,17-20H,11-14H2/t17-,18-,19-,20-/m1/s1. The van der Waals surface area contributed by atoms with Gasteiger partial charge in [0.25, 0.3) is 0 Å². The van der Waals surface area contributed by atoms with Crippen LogP contribution in [0.25, 0.3) is 0 Å². The maximum atomic E-state index is 6.17. The summed E-state index contributed by atoms with van der Waals surface area (Å²) in [5.74, 6) is 0. The van der Waals surface area contributed by atoms with Crippen molar-refractivity contribution < 1.29 is 18.9 Å². The highest BCUT2D eigenvalue weighted by molar-refractivity contribution is 5.14. The van der Waals surface area contributed by atoms with Crippen molar-refractivity contribution in [3.05, 3.63) is 71.8 Å². The molecular formula is C20H22O4. The highest BCUT2D eigenvalue weighted by Crippen LogP contribution is 2.30. The molecule has 4 heteroatoms. The van der Waals surface area contributed by atoms with E-state index in [4.69, 9.17) is 18.9 Å². The van der Waals surface area contributed by atoms with Gasteiger partial charge in [0, 0.05) is 0 Å². The van der Waals surface area contributed by atoms with E-state index in [1.54, 1.807) is 0 Å². The minimum atomic E-state index is -0.0959. The van der Waals surface area contributed by atoms with E-state index < -0.39 is 0 Å². The monoisotopic (exact) mass is 326 g/mol. The topological polar surface area (TPSA) is 36.9 Å². The third-order valence-corrected chi connectivity index (χ3v) is 4.58. The molecular weight excluding hydrogens is 304 g/mol. The molecule has 2 bridgehead atoms. The molecule has 5 rings (SSSR count). The number of benzene rings is 2. The second kappa shape index (κ2) is 7.45. The van der Waals surface area contributed by atoms with Gasteiger partial charge in [-0.25, -0.2) is 0 Å². The number of rotatable bonds is 6. The van der Waals surface area contributed by atoms with Gasteiger partial charge < -0.3 is 18.9 Å². The molecule has 2 aromatic rings. The largest absolute Gasteiger partial charge is 0.370 e. The van der Waals surface area contributed by atoms with E-state index in [1.165, 1.54) is 0 Å². The maximum Gasteiger partial charge on any atom is 0.115 e. The van der Waals surface area contributed by atoms with Gasteiger partial charge in [-0.05, 0) is 11.1 Å². The SMILES string of the molecule is c1ccc(CO[C@H]2[C@H](OCc3ccccc3)[C@H]3CO[C@@H]2CO3)cc1. The molecule has 0 unspecified atom stereocenters. The van der Waals surface area contributed by atoms with Crippen LogP contribution in [0.4, 0.5) is 0 Å². The van der Waals surface area contributed by atoms with Crippen LogP contribution in [0.1, 0.15) is 11.1 Å². The van der Waals surface area contributed by atoms with Crippen molar-refractivity contribution in [2.24, 2.45) is 0 Å². The zero-order chi connectivity index (χ0) is 16.2. The Hall–Kier alpha value is -1.72. The van der Waals surface area contributed by atoms with Gasteiger partial charge in [0.05, 0.1) is 26.4 Å². The molecule has 126 valence electrons. The second-order valence-corrected chi connectivity index (χ2v) is 6.27. The normalized spacial score (nSPS) is 28.8. The molecule has 3 fully saturated rings. The molecule has 24 heavy (non-hydrogen) atoms. The fraction of sp³-hybridized carbons (Fsp3) is 0.400. The molecule has 0 amide bonds. The summed E-state index contributed by atoms with van der Waals surface area (Å²) in [5.41, 5.74) is 2.31. The Bertz CT molecular complexity index is 565. The number of hydrogen-bond donors (Lipinski definition) is 0. The minimum absolute atomic E-state index is 0.0560. The Kier molecular flexibility index (Phi) is 4.90. The molecule has 3 heterocycles. The first-order valence-electron chi connectivity index (χ1n) is 8.44. The van der Waals surface area contributed by atoms with Crippen molar-refractivity contribution in [3.63, 3.8) is 0 Å². The van der Waals surface area contributed by atoms with Gasteiger partial charge in [-0.2, -0.15) is 0 Å². The van der Waals surface area contributed by atoms with Crippen molar-refractivity contribution >= 4 is 0 Å². The summed E-state index contributed by atoms with van der Waals surface area (Å²) in [6, 6.07) is 20.4. The van der Waals surface area contributed by atoms with Gasteiger partial charge in [0.2, 0.25) is 0 Å². The van der Waals surface area contributed by atoms with Crippen LogP contribution in [0, 0.1) is 0 Å². The first kappa shape index (κ1) is 15.8. The van der Waals surface area contributed by atoms with Crippen LogP contribution in [0.2, 0.25) is 0 Å². The van der Waals surface area contributed by atoms with Gasteiger partial charge in [-0.3, -0.25) is 0 Å². The quantitative estimate of drug-likeness (QED) is 0.818. The molecule has 0 N–H and O–H groups in total. The Morgan fingerprint density at radius 1 is 0.667 bits per heavy atom. The minimum Gasteiger partial charge on any atom is -0.370 e. The Morgan fingerprint density at radius 2 is 1.08 bits per heavy atom. The predicted octanol–water partition coefficient (Wildman–Crippen LogP) is 2.95. The Balaban J connectivity index is 1.41. The zero-order valence-electron chi connectivity index (χ0n) is 13.5. The lowest BCUT2D eigenvalue weighted by atomic mass is 9.96. The van der Waals surface area contributed by atoms with Crippen LogP contribution in [0.15, 0.2) is 60.7 Å². The summed E-state index contributed by atoms with van der Waals surface area (Å²) >= 11 is 0. The van der Waals surface area contributed by atoms with Gasteiger partial charge in [-0.15, -0.1) is 0 Å². The first-order chi connectivity index (χ1) is 11.9. The van der Waals surface area contributed by atoms with E-state index in [2.05, 4.69) is 24.3 Å². The van der Waals surface area contributed by atoms with Crippen LogP contribution in [0.3, 0.4) is 0 Å². The Labute approximate surface area is 142 Å². The van der Waals surface area contributed by atoms with Crippen molar-refractivity contribution in [1.29, 1.82) is 0 Å². The molecule has 0 aliphatic carbocycles. The fourth-order valence-electron chi connectivity index (χ4n) is 3.27. The Morgan fingerprint density at radius 3 is 1.46 bits per heavy atom. The molecule has 0 aromatic heterocycles. The molecule has 0 radical (unpaired) electrons. The number of ether oxygens (including phenoxy) is 4. The number of fused-ring (bicyclic) bond motifs is 3.